The zero-order valence-electron chi connectivity index (χ0n) is 9.10. The Balaban J connectivity index is 2.79. The number of ether oxygens (including phenoxy) is 1. The Morgan fingerprint density at radius 2 is 2.25 bits per heavy atom. The average molecular weight is 243 g/mol. The van der Waals surface area contributed by atoms with E-state index in [2.05, 4.69) is 0 Å². The maximum atomic E-state index is 11.9. The molecule has 1 aromatic rings. The van der Waals surface area contributed by atoms with Gasteiger partial charge in [0.25, 0.3) is 5.91 Å². The van der Waals surface area contributed by atoms with Crippen LogP contribution in [0.1, 0.15) is 15.2 Å². The molecule has 0 fully saturated rings. The van der Waals surface area contributed by atoms with Gasteiger partial charge < -0.3 is 14.7 Å². The van der Waals surface area contributed by atoms with Gasteiger partial charge in [0.15, 0.2) is 0 Å². The summed E-state index contributed by atoms with van der Waals surface area (Å²) >= 11 is 1.29. The summed E-state index contributed by atoms with van der Waals surface area (Å²) in [6.45, 7) is 0.0502. The van der Waals surface area contributed by atoms with Crippen LogP contribution in [-0.2, 0) is 16.1 Å². The molecule has 0 saturated heterocycles. The van der Waals surface area contributed by atoms with Crippen molar-refractivity contribution in [2.45, 2.75) is 6.61 Å². The second-order valence-electron chi connectivity index (χ2n) is 3.26. The zero-order valence-corrected chi connectivity index (χ0v) is 9.91. The third kappa shape index (κ3) is 3.04. The number of methoxy groups -OCH3 is 1. The number of carboxylic acid groups (broad SMARTS) is 1. The Morgan fingerprint density at radius 1 is 1.56 bits per heavy atom. The van der Waals surface area contributed by atoms with Crippen LogP contribution in [0, 0.1) is 0 Å². The van der Waals surface area contributed by atoms with Gasteiger partial charge in [0, 0.05) is 19.7 Å². The predicted molar refractivity (Wildman–Crippen MR) is 59.6 cm³/mol. The lowest BCUT2D eigenvalue weighted by molar-refractivity contribution is -0.137. The van der Waals surface area contributed by atoms with Gasteiger partial charge in [-0.3, -0.25) is 9.59 Å². The van der Waals surface area contributed by atoms with Gasteiger partial charge in [-0.2, -0.15) is 0 Å². The molecule has 0 aliphatic rings. The minimum atomic E-state index is -1.03. The first-order chi connectivity index (χ1) is 7.56. The van der Waals surface area contributed by atoms with Crippen LogP contribution in [0.2, 0.25) is 0 Å². The minimum absolute atomic E-state index is 0.288. The van der Waals surface area contributed by atoms with Crippen LogP contribution in [0.5, 0.6) is 0 Å². The van der Waals surface area contributed by atoms with Crippen molar-refractivity contribution in [2.24, 2.45) is 0 Å². The smallest absolute Gasteiger partial charge is 0.323 e. The largest absolute Gasteiger partial charge is 0.480 e. The molecule has 16 heavy (non-hydrogen) atoms. The molecular weight excluding hydrogens is 230 g/mol. The van der Waals surface area contributed by atoms with Crippen LogP contribution in [-0.4, -0.2) is 42.6 Å². The molecule has 1 N–H and O–H groups in total. The third-order valence-electron chi connectivity index (χ3n) is 1.96. The van der Waals surface area contributed by atoms with Crippen LogP contribution < -0.4 is 0 Å². The van der Waals surface area contributed by atoms with Gasteiger partial charge in [0.2, 0.25) is 0 Å². The highest BCUT2D eigenvalue weighted by Gasteiger charge is 2.18. The molecule has 0 aromatic carbocycles. The molecule has 0 radical (unpaired) electrons. The molecule has 0 saturated carbocycles. The van der Waals surface area contributed by atoms with Crippen molar-refractivity contribution in [1.29, 1.82) is 0 Å². The molecule has 6 heteroatoms. The van der Waals surface area contributed by atoms with Gasteiger partial charge in [-0.1, -0.05) is 0 Å². The molecule has 0 spiro atoms. The van der Waals surface area contributed by atoms with E-state index in [4.69, 9.17) is 9.84 Å². The highest BCUT2D eigenvalue weighted by Crippen LogP contribution is 2.19. The Bertz CT molecular complexity index is 388. The number of nitrogens with zero attached hydrogens (tertiary/aromatic N) is 1. The summed E-state index contributed by atoms with van der Waals surface area (Å²) in [5.41, 5.74) is 0.787. The van der Waals surface area contributed by atoms with Crippen molar-refractivity contribution in [2.75, 3.05) is 20.7 Å². The number of hydrogen-bond acceptors (Lipinski definition) is 4. The van der Waals surface area contributed by atoms with E-state index in [1.54, 1.807) is 18.6 Å². The van der Waals surface area contributed by atoms with Crippen molar-refractivity contribution >= 4 is 23.2 Å². The molecule has 5 nitrogen and oxygen atoms in total. The van der Waals surface area contributed by atoms with Crippen molar-refractivity contribution < 1.29 is 19.4 Å². The maximum absolute atomic E-state index is 11.9. The van der Waals surface area contributed by atoms with E-state index in [1.807, 2.05) is 0 Å². The van der Waals surface area contributed by atoms with Gasteiger partial charge in [0.1, 0.15) is 6.54 Å². The number of likely N-dealkylation sites (N-methyl/N-ethyl adjacent to an activating group) is 1. The lowest BCUT2D eigenvalue weighted by Gasteiger charge is -2.14. The van der Waals surface area contributed by atoms with E-state index in [0.29, 0.717) is 11.5 Å². The molecule has 0 bridgehead atoms. The highest BCUT2D eigenvalue weighted by atomic mass is 32.1. The molecule has 88 valence electrons. The molecule has 1 aromatic heterocycles. The number of carboxylic acids is 1. The predicted octanol–water partition coefficient (Wildman–Crippen LogP) is 1.05. The number of carbonyl (C=O) groups excluding carboxylic acids is 1. The third-order valence-corrected chi connectivity index (χ3v) is 2.90. The normalized spacial score (nSPS) is 10.1. The molecule has 0 aliphatic carbocycles. The number of amides is 1. The van der Waals surface area contributed by atoms with E-state index in [-0.39, 0.29) is 12.5 Å². The number of hydrogen-bond donors (Lipinski definition) is 1. The second kappa shape index (κ2) is 5.62. The number of rotatable bonds is 5. The van der Waals surface area contributed by atoms with Gasteiger partial charge in [-0.15, -0.1) is 11.3 Å². The summed E-state index contributed by atoms with van der Waals surface area (Å²) in [6, 6.07) is 1.80. The molecule has 0 atom stereocenters. The van der Waals surface area contributed by atoms with Gasteiger partial charge in [-0.25, -0.2) is 0 Å². The van der Waals surface area contributed by atoms with E-state index >= 15 is 0 Å². The summed E-state index contributed by atoms with van der Waals surface area (Å²) in [4.78, 5) is 24.0. The van der Waals surface area contributed by atoms with Gasteiger partial charge in [0.05, 0.1) is 11.5 Å². The van der Waals surface area contributed by atoms with E-state index in [0.717, 1.165) is 5.56 Å². The molecule has 0 unspecified atom stereocenters. The number of thiophene rings is 1. The van der Waals surface area contributed by atoms with Crippen molar-refractivity contribution in [3.8, 4) is 0 Å². The van der Waals surface area contributed by atoms with Crippen LogP contribution in [0.4, 0.5) is 0 Å². The average Bonchev–Trinajstić information content (AvgIpc) is 2.64. The van der Waals surface area contributed by atoms with E-state index in [9.17, 15) is 9.59 Å². The Morgan fingerprint density at radius 3 is 2.81 bits per heavy atom. The quantitative estimate of drug-likeness (QED) is 0.839. The van der Waals surface area contributed by atoms with Crippen molar-refractivity contribution in [3.05, 3.63) is 21.9 Å². The van der Waals surface area contributed by atoms with Crippen LogP contribution in [0.25, 0.3) is 0 Å². The molecular formula is C10H13NO4S. The van der Waals surface area contributed by atoms with Crippen LogP contribution in [0.3, 0.4) is 0 Å². The second-order valence-corrected chi connectivity index (χ2v) is 4.18. The SMILES string of the molecule is COCc1ccsc1C(=O)N(C)CC(=O)O. The number of aliphatic carboxylic acids is 1. The first-order valence-electron chi connectivity index (χ1n) is 4.58. The molecule has 1 amide bonds. The first kappa shape index (κ1) is 12.7. The fraction of sp³-hybridized carbons (Fsp3) is 0.400. The summed E-state index contributed by atoms with van der Waals surface area (Å²) in [5, 5.41) is 10.4. The minimum Gasteiger partial charge on any atom is -0.480 e. The van der Waals surface area contributed by atoms with Gasteiger partial charge >= 0.3 is 5.97 Å². The maximum Gasteiger partial charge on any atom is 0.323 e. The summed E-state index contributed by atoms with van der Waals surface area (Å²) < 4.78 is 4.96. The molecule has 1 heterocycles. The Kier molecular flexibility index (Phi) is 4.45. The standard InChI is InChI=1S/C10H13NO4S/c1-11(5-8(12)13)10(14)9-7(6-15-2)3-4-16-9/h3-4H,5-6H2,1-2H3,(H,12,13). The Labute approximate surface area is 97.3 Å². The number of carbonyl (C=O) groups is 2. The van der Waals surface area contributed by atoms with E-state index < -0.39 is 5.97 Å². The summed E-state index contributed by atoms with van der Waals surface area (Å²) in [6.07, 6.45) is 0. The first-order valence-corrected chi connectivity index (χ1v) is 5.46. The van der Waals surface area contributed by atoms with Crippen LogP contribution in [0.15, 0.2) is 11.4 Å². The lowest BCUT2D eigenvalue weighted by Crippen LogP contribution is -2.31. The van der Waals surface area contributed by atoms with E-state index in [1.165, 1.54) is 23.3 Å². The zero-order chi connectivity index (χ0) is 12.1. The lowest BCUT2D eigenvalue weighted by atomic mass is 10.2. The fourth-order valence-corrected chi connectivity index (χ4v) is 2.14. The summed E-state index contributed by atoms with van der Waals surface area (Å²) in [7, 11) is 3.01. The van der Waals surface area contributed by atoms with Crippen molar-refractivity contribution in [3.63, 3.8) is 0 Å². The highest BCUT2D eigenvalue weighted by molar-refractivity contribution is 7.12. The van der Waals surface area contributed by atoms with Crippen LogP contribution >= 0.6 is 11.3 Å². The molecule has 1 rings (SSSR count). The van der Waals surface area contributed by atoms with Crippen molar-refractivity contribution in [1.82, 2.24) is 4.90 Å². The Hall–Kier alpha value is -1.40. The van der Waals surface area contributed by atoms with Gasteiger partial charge in [-0.05, 0) is 11.4 Å². The molecule has 0 aliphatic heterocycles. The fourth-order valence-electron chi connectivity index (χ4n) is 1.24. The topological polar surface area (TPSA) is 66.8 Å². The monoisotopic (exact) mass is 243 g/mol. The summed E-state index contributed by atoms with van der Waals surface area (Å²) in [5.74, 6) is -1.31.